The zero-order valence-corrected chi connectivity index (χ0v) is 18.3. The fraction of sp³-hybridized carbons (Fsp3) is 0.458. The summed E-state index contributed by atoms with van der Waals surface area (Å²) in [6, 6.07) is 13.7. The van der Waals surface area contributed by atoms with Crippen LogP contribution < -0.4 is 0 Å². The number of benzene rings is 2. The minimum atomic E-state index is -0.154. The smallest absolute Gasteiger partial charge is 0.193 e. The van der Waals surface area contributed by atoms with Crippen molar-refractivity contribution < 1.29 is 9.36 Å². The third kappa shape index (κ3) is 4.93. The minimum absolute atomic E-state index is 0.00603. The fourth-order valence-corrected chi connectivity index (χ4v) is 4.41. The largest absolute Gasteiger partial charge is 0.289 e. The van der Waals surface area contributed by atoms with E-state index in [0.717, 1.165) is 24.0 Å². The van der Waals surface area contributed by atoms with Gasteiger partial charge < -0.3 is 0 Å². The molecule has 0 spiro atoms. The van der Waals surface area contributed by atoms with Crippen LogP contribution in [-0.4, -0.2) is 5.78 Å². The average Bonchev–Trinajstić information content (AvgIpc) is 2.62. The predicted octanol–water partition coefficient (Wildman–Crippen LogP) is 7.29. The highest BCUT2D eigenvalue weighted by molar-refractivity contribution is 7.24. The number of carbonyl (C=O) groups excluding carboxylic acids is 1. The Kier molecular flexibility index (Phi) is 7.12. The standard InChI is InChI=1S/C24H31O2P/c1-7-9-17(3)23(27-26)21-16(2)10-8-11-20(21)22(25)18-12-14-19(15-13-18)24(4,5)6/h8,10-15,17,23H,7,9H2,1-6H3. The number of rotatable bonds is 7. The first-order valence-electron chi connectivity index (χ1n) is 9.77. The van der Waals surface area contributed by atoms with Crippen LogP contribution in [0.4, 0.5) is 0 Å². The van der Waals surface area contributed by atoms with E-state index in [2.05, 4.69) is 34.6 Å². The molecule has 2 rings (SSSR count). The molecule has 0 aromatic heterocycles. The normalized spacial score (nSPS) is 14.1. The van der Waals surface area contributed by atoms with E-state index in [1.165, 1.54) is 5.56 Å². The molecule has 0 saturated carbocycles. The molecule has 2 nitrogen and oxygen atoms in total. The van der Waals surface area contributed by atoms with Gasteiger partial charge in [-0.3, -0.25) is 9.36 Å². The molecular weight excluding hydrogens is 351 g/mol. The Balaban J connectivity index is 2.48. The monoisotopic (exact) mass is 382 g/mol. The second-order valence-corrected chi connectivity index (χ2v) is 9.28. The summed E-state index contributed by atoms with van der Waals surface area (Å²) in [4.78, 5) is 13.3. The second kappa shape index (κ2) is 8.93. The van der Waals surface area contributed by atoms with Gasteiger partial charge in [-0.1, -0.05) is 83.5 Å². The molecule has 0 radical (unpaired) electrons. The van der Waals surface area contributed by atoms with Crippen molar-refractivity contribution in [2.45, 2.75) is 65.5 Å². The second-order valence-electron chi connectivity index (χ2n) is 8.51. The molecule has 2 unspecified atom stereocenters. The van der Waals surface area contributed by atoms with E-state index in [4.69, 9.17) is 0 Å². The summed E-state index contributed by atoms with van der Waals surface area (Å²) in [7, 11) is 0.0817. The van der Waals surface area contributed by atoms with Crippen LogP contribution in [0.1, 0.15) is 85.7 Å². The first kappa shape index (κ1) is 21.5. The van der Waals surface area contributed by atoms with Crippen molar-refractivity contribution >= 4 is 14.2 Å². The highest BCUT2D eigenvalue weighted by Gasteiger charge is 2.26. The van der Waals surface area contributed by atoms with Crippen molar-refractivity contribution in [3.8, 4) is 0 Å². The van der Waals surface area contributed by atoms with Gasteiger partial charge in [0.15, 0.2) is 14.2 Å². The molecule has 0 saturated heterocycles. The molecule has 0 aliphatic rings. The molecule has 2 aromatic rings. The number of hydrogen-bond acceptors (Lipinski definition) is 2. The summed E-state index contributed by atoms with van der Waals surface area (Å²) >= 11 is 0. The van der Waals surface area contributed by atoms with Crippen molar-refractivity contribution in [3.05, 3.63) is 70.3 Å². The Bertz CT molecular complexity index is 800. The van der Waals surface area contributed by atoms with Gasteiger partial charge in [-0.2, -0.15) is 0 Å². The summed E-state index contributed by atoms with van der Waals surface area (Å²) in [5.74, 6) is 0.261. The molecule has 0 aliphatic carbocycles. The van der Waals surface area contributed by atoms with E-state index in [1.807, 2.05) is 49.4 Å². The van der Waals surface area contributed by atoms with Crippen LogP contribution in [0.3, 0.4) is 0 Å². The first-order chi connectivity index (χ1) is 12.7. The van der Waals surface area contributed by atoms with Gasteiger partial charge in [0, 0.05) is 11.1 Å². The zero-order chi connectivity index (χ0) is 20.2. The van der Waals surface area contributed by atoms with Gasteiger partial charge in [0.2, 0.25) is 0 Å². The Morgan fingerprint density at radius 2 is 1.70 bits per heavy atom. The van der Waals surface area contributed by atoms with Gasteiger partial charge in [0.1, 0.15) is 0 Å². The lowest BCUT2D eigenvalue weighted by Crippen LogP contribution is -2.14. The van der Waals surface area contributed by atoms with Crippen LogP contribution in [0, 0.1) is 12.8 Å². The van der Waals surface area contributed by atoms with E-state index in [0.29, 0.717) is 11.1 Å². The summed E-state index contributed by atoms with van der Waals surface area (Å²) in [5, 5.41) is 0. The molecule has 0 heterocycles. The van der Waals surface area contributed by atoms with Gasteiger partial charge in [-0.15, -0.1) is 0 Å². The molecule has 3 heteroatoms. The zero-order valence-electron chi connectivity index (χ0n) is 17.4. The Labute approximate surface area is 165 Å². The highest BCUT2D eigenvalue weighted by atomic mass is 31.1. The third-order valence-corrected chi connectivity index (χ3v) is 6.27. The highest BCUT2D eigenvalue weighted by Crippen LogP contribution is 2.40. The maximum absolute atomic E-state index is 13.3. The molecule has 0 fully saturated rings. The van der Waals surface area contributed by atoms with Gasteiger partial charge in [-0.25, -0.2) is 0 Å². The summed E-state index contributed by atoms with van der Waals surface area (Å²) in [6.45, 7) is 12.8. The predicted molar refractivity (Wildman–Crippen MR) is 114 cm³/mol. The van der Waals surface area contributed by atoms with Crippen molar-refractivity contribution in [1.82, 2.24) is 0 Å². The van der Waals surface area contributed by atoms with E-state index in [9.17, 15) is 9.36 Å². The first-order valence-corrected chi connectivity index (χ1v) is 10.7. The molecule has 2 aromatic carbocycles. The fourth-order valence-electron chi connectivity index (χ4n) is 3.60. The van der Waals surface area contributed by atoms with Crippen molar-refractivity contribution in [2.75, 3.05) is 0 Å². The summed E-state index contributed by atoms with van der Waals surface area (Å²) < 4.78 is 12.0. The number of ketones is 1. The average molecular weight is 382 g/mol. The quantitative estimate of drug-likeness (QED) is 0.372. The van der Waals surface area contributed by atoms with Gasteiger partial charge in [0.05, 0.1) is 5.66 Å². The maximum Gasteiger partial charge on any atom is 0.193 e. The van der Waals surface area contributed by atoms with Gasteiger partial charge >= 0.3 is 0 Å². The van der Waals surface area contributed by atoms with E-state index >= 15 is 0 Å². The molecule has 0 aliphatic heterocycles. The van der Waals surface area contributed by atoms with Crippen LogP contribution in [0.25, 0.3) is 0 Å². The molecule has 144 valence electrons. The van der Waals surface area contributed by atoms with E-state index in [1.54, 1.807) is 0 Å². The molecule has 2 atom stereocenters. The van der Waals surface area contributed by atoms with Gasteiger partial charge in [-0.05, 0) is 41.4 Å². The molecule has 0 bridgehead atoms. The number of carbonyl (C=O) groups is 1. The van der Waals surface area contributed by atoms with Crippen LogP contribution in [0.15, 0.2) is 42.5 Å². The number of hydrogen-bond donors (Lipinski definition) is 0. The molecular formula is C24H31O2P. The Morgan fingerprint density at radius 1 is 1.07 bits per heavy atom. The lowest BCUT2D eigenvalue weighted by Gasteiger charge is -2.22. The van der Waals surface area contributed by atoms with E-state index in [-0.39, 0.29) is 31.2 Å². The topological polar surface area (TPSA) is 34.1 Å². The molecule has 27 heavy (non-hydrogen) atoms. The van der Waals surface area contributed by atoms with Crippen LogP contribution in [0.2, 0.25) is 0 Å². The lowest BCUT2D eigenvalue weighted by molar-refractivity contribution is 0.103. The third-order valence-electron chi connectivity index (χ3n) is 5.27. The minimum Gasteiger partial charge on any atom is -0.289 e. The van der Waals surface area contributed by atoms with Gasteiger partial charge in [0.25, 0.3) is 0 Å². The molecule has 0 amide bonds. The van der Waals surface area contributed by atoms with E-state index < -0.39 is 0 Å². The lowest BCUT2D eigenvalue weighted by atomic mass is 9.85. The SMILES string of the molecule is CCCC(C)C(P=O)c1c(C)cccc1C(=O)c1ccc(C(C)(C)C)cc1. The molecule has 0 N–H and O–H groups in total. The maximum atomic E-state index is 13.3. The van der Waals surface area contributed by atoms with Crippen molar-refractivity contribution in [1.29, 1.82) is 0 Å². The van der Waals surface area contributed by atoms with Crippen LogP contribution >= 0.6 is 8.46 Å². The van der Waals surface area contributed by atoms with Crippen LogP contribution in [0.5, 0.6) is 0 Å². The Hall–Kier alpha value is -1.79. The number of aryl methyl sites for hydroxylation is 1. The summed E-state index contributed by atoms with van der Waals surface area (Å²) in [5.41, 5.74) is 4.42. The van der Waals surface area contributed by atoms with Crippen LogP contribution in [-0.2, 0) is 9.98 Å². The van der Waals surface area contributed by atoms with Crippen molar-refractivity contribution in [2.24, 2.45) is 5.92 Å². The summed E-state index contributed by atoms with van der Waals surface area (Å²) in [6.07, 6.45) is 2.03. The van der Waals surface area contributed by atoms with Crippen molar-refractivity contribution in [3.63, 3.8) is 0 Å². The Morgan fingerprint density at radius 3 is 2.22 bits per heavy atom.